The molecular formula is C16H17ClN2O2S. The Hall–Kier alpha value is -1.56. The molecule has 2 aromatic rings. The molecule has 0 aliphatic carbocycles. The normalized spacial score (nSPS) is 16.1. The van der Waals surface area contributed by atoms with Gasteiger partial charge in [0.05, 0.1) is 18.0 Å². The monoisotopic (exact) mass is 336 g/mol. The van der Waals surface area contributed by atoms with Crippen molar-refractivity contribution >= 4 is 34.5 Å². The molecule has 0 bridgehead atoms. The van der Waals surface area contributed by atoms with Gasteiger partial charge in [-0.05, 0) is 24.3 Å². The van der Waals surface area contributed by atoms with Crippen LogP contribution >= 0.6 is 22.9 Å². The third kappa shape index (κ3) is 3.43. The molecule has 0 radical (unpaired) electrons. The standard InChI is InChI=1S/C16H17ClN2O2S/c1-21-13-4-2-3-12(9-13)19-8-7-18(11-16(19)20)10-14-5-6-15(17)22-14/h2-6,9H,7-8,10-11H2,1H3. The summed E-state index contributed by atoms with van der Waals surface area (Å²) in [5.41, 5.74) is 0.892. The maximum atomic E-state index is 12.4. The summed E-state index contributed by atoms with van der Waals surface area (Å²) < 4.78 is 6.01. The first-order valence-corrected chi connectivity index (χ1v) is 8.26. The Morgan fingerprint density at radius 1 is 1.27 bits per heavy atom. The van der Waals surface area contributed by atoms with Gasteiger partial charge in [-0.25, -0.2) is 0 Å². The molecule has 0 N–H and O–H groups in total. The van der Waals surface area contributed by atoms with E-state index in [-0.39, 0.29) is 5.91 Å². The number of nitrogens with zero attached hydrogens (tertiary/aromatic N) is 2. The summed E-state index contributed by atoms with van der Waals surface area (Å²) in [6, 6.07) is 11.5. The number of halogens is 1. The second kappa shape index (κ2) is 6.69. The van der Waals surface area contributed by atoms with Gasteiger partial charge in [0, 0.05) is 36.3 Å². The molecule has 0 atom stereocenters. The van der Waals surface area contributed by atoms with E-state index in [1.54, 1.807) is 18.4 Å². The Labute approximate surface area is 138 Å². The largest absolute Gasteiger partial charge is 0.497 e. The van der Waals surface area contributed by atoms with Gasteiger partial charge >= 0.3 is 0 Å². The van der Waals surface area contributed by atoms with Gasteiger partial charge < -0.3 is 9.64 Å². The highest BCUT2D eigenvalue weighted by atomic mass is 35.5. The Morgan fingerprint density at radius 2 is 2.14 bits per heavy atom. The van der Waals surface area contributed by atoms with E-state index in [4.69, 9.17) is 16.3 Å². The van der Waals surface area contributed by atoms with Crippen LogP contribution in [-0.2, 0) is 11.3 Å². The first kappa shape index (κ1) is 15.3. The van der Waals surface area contributed by atoms with E-state index in [9.17, 15) is 4.79 Å². The number of methoxy groups -OCH3 is 1. The fourth-order valence-corrected chi connectivity index (χ4v) is 3.70. The lowest BCUT2D eigenvalue weighted by atomic mass is 10.2. The summed E-state index contributed by atoms with van der Waals surface area (Å²) in [6.45, 7) is 2.73. The number of hydrogen-bond acceptors (Lipinski definition) is 4. The molecule has 1 saturated heterocycles. The molecule has 4 nitrogen and oxygen atoms in total. The van der Waals surface area contributed by atoms with Crippen LogP contribution in [0.25, 0.3) is 0 Å². The summed E-state index contributed by atoms with van der Waals surface area (Å²) >= 11 is 7.52. The first-order valence-electron chi connectivity index (χ1n) is 7.07. The fraction of sp³-hybridized carbons (Fsp3) is 0.312. The average molecular weight is 337 g/mol. The van der Waals surface area contributed by atoms with Gasteiger partial charge in [-0.15, -0.1) is 11.3 Å². The lowest BCUT2D eigenvalue weighted by molar-refractivity contribution is -0.121. The molecule has 6 heteroatoms. The highest BCUT2D eigenvalue weighted by molar-refractivity contribution is 7.16. The number of rotatable bonds is 4. The Balaban J connectivity index is 1.65. The van der Waals surface area contributed by atoms with Crippen molar-refractivity contribution in [2.24, 2.45) is 0 Å². The van der Waals surface area contributed by atoms with Crippen molar-refractivity contribution in [2.75, 3.05) is 31.6 Å². The van der Waals surface area contributed by atoms with Gasteiger partial charge in [-0.1, -0.05) is 17.7 Å². The van der Waals surface area contributed by atoms with E-state index >= 15 is 0 Å². The molecule has 0 saturated carbocycles. The Kier molecular flexibility index (Phi) is 4.66. The van der Waals surface area contributed by atoms with Crippen molar-refractivity contribution in [1.82, 2.24) is 4.90 Å². The van der Waals surface area contributed by atoms with E-state index in [0.29, 0.717) is 13.1 Å². The highest BCUT2D eigenvalue weighted by Crippen LogP contribution is 2.25. The van der Waals surface area contributed by atoms with Crippen LogP contribution in [0, 0.1) is 0 Å². The molecular weight excluding hydrogens is 320 g/mol. The molecule has 22 heavy (non-hydrogen) atoms. The van der Waals surface area contributed by atoms with Gasteiger partial charge in [-0.2, -0.15) is 0 Å². The number of carbonyl (C=O) groups excluding carboxylic acids is 1. The third-order valence-electron chi connectivity index (χ3n) is 3.67. The topological polar surface area (TPSA) is 32.8 Å². The van der Waals surface area contributed by atoms with Crippen molar-refractivity contribution in [1.29, 1.82) is 0 Å². The average Bonchev–Trinajstić information content (AvgIpc) is 2.92. The zero-order chi connectivity index (χ0) is 15.5. The lowest BCUT2D eigenvalue weighted by Crippen LogP contribution is -2.50. The van der Waals surface area contributed by atoms with Crippen molar-refractivity contribution in [2.45, 2.75) is 6.54 Å². The van der Waals surface area contributed by atoms with E-state index in [1.807, 2.05) is 41.3 Å². The summed E-state index contributed by atoms with van der Waals surface area (Å²) in [7, 11) is 1.63. The number of ether oxygens (including phenoxy) is 1. The Morgan fingerprint density at radius 3 is 2.82 bits per heavy atom. The maximum Gasteiger partial charge on any atom is 0.241 e. The second-order valence-corrected chi connectivity index (χ2v) is 6.96. The predicted octanol–water partition coefficient (Wildman–Crippen LogP) is 3.26. The SMILES string of the molecule is COc1cccc(N2CCN(Cc3ccc(Cl)s3)CC2=O)c1. The minimum absolute atomic E-state index is 0.113. The molecule has 0 unspecified atom stereocenters. The van der Waals surface area contributed by atoms with Gasteiger partial charge in [0.25, 0.3) is 0 Å². The predicted molar refractivity (Wildman–Crippen MR) is 90.0 cm³/mol. The number of anilines is 1. The van der Waals surface area contributed by atoms with Gasteiger partial charge in [0.2, 0.25) is 5.91 Å². The molecule has 1 amide bonds. The van der Waals surface area contributed by atoms with Crippen LogP contribution in [-0.4, -0.2) is 37.6 Å². The summed E-state index contributed by atoms with van der Waals surface area (Å²) in [5, 5.41) is 0. The molecule has 116 valence electrons. The van der Waals surface area contributed by atoms with Crippen molar-refractivity contribution in [3.63, 3.8) is 0 Å². The Bertz CT molecular complexity index is 674. The molecule has 1 aliphatic heterocycles. The molecule has 1 fully saturated rings. The zero-order valence-electron chi connectivity index (χ0n) is 12.3. The smallest absolute Gasteiger partial charge is 0.241 e. The zero-order valence-corrected chi connectivity index (χ0v) is 13.9. The molecule has 0 spiro atoms. The molecule has 3 rings (SSSR count). The number of piperazine rings is 1. The lowest BCUT2D eigenvalue weighted by Gasteiger charge is -2.34. The molecule has 2 heterocycles. The molecule has 1 aromatic heterocycles. The molecule has 1 aromatic carbocycles. The van der Waals surface area contributed by atoms with Crippen LogP contribution in [0.4, 0.5) is 5.69 Å². The number of carbonyl (C=O) groups is 1. The number of benzene rings is 1. The van der Waals surface area contributed by atoms with Gasteiger partial charge in [-0.3, -0.25) is 9.69 Å². The maximum absolute atomic E-state index is 12.4. The van der Waals surface area contributed by atoms with Crippen molar-refractivity contribution in [3.8, 4) is 5.75 Å². The third-order valence-corrected chi connectivity index (χ3v) is 4.89. The van der Waals surface area contributed by atoms with Crippen LogP contribution in [0.5, 0.6) is 5.75 Å². The van der Waals surface area contributed by atoms with Crippen molar-refractivity contribution < 1.29 is 9.53 Å². The van der Waals surface area contributed by atoms with E-state index in [0.717, 1.165) is 28.9 Å². The fourth-order valence-electron chi connectivity index (χ4n) is 2.57. The van der Waals surface area contributed by atoms with Crippen LogP contribution in [0.15, 0.2) is 36.4 Å². The van der Waals surface area contributed by atoms with Crippen LogP contribution < -0.4 is 9.64 Å². The summed E-state index contributed by atoms with van der Waals surface area (Å²) in [5.74, 6) is 0.878. The minimum atomic E-state index is 0.113. The summed E-state index contributed by atoms with van der Waals surface area (Å²) in [6.07, 6.45) is 0. The second-order valence-electron chi connectivity index (χ2n) is 5.16. The van der Waals surface area contributed by atoms with E-state index in [1.165, 1.54) is 4.88 Å². The van der Waals surface area contributed by atoms with Crippen LogP contribution in [0.1, 0.15) is 4.88 Å². The molecule has 1 aliphatic rings. The number of amides is 1. The minimum Gasteiger partial charge on any atom is -0.497 e. The summed E-state index contributed by atoms with van der Waals surface area (Å²) in [4.78, 5) is 17.6. The van der Waals surface area contributed by atoms with Crippen LogP contribution in [0.2, 0.25) is 4.34 Å². The van der Waals surface area contributed by atoms with Crippen LogP contribution in [0.3, 0.4) is 0 Å². The highest BCUT2D eigenvalue weighted by Gasteiger charge is 2.25. The van der Waals surface area contributed by atoms with E-state index in [2.05, 4.69) is 4.90 Å². The van der Waals surface area contributed by atoms with Gasteiger partial charge in [0.15, 0.2) is 0 Å². The van der Waals surface area contributed by atoms with Gasteiger partial charge in [0.1, 0.15) is 5.75 Å². The number of thiophene rings is 1. The first-order chi connectivity index (χ1) is 10.7. The quantitative estimate of drug-likeness (QED) is 0.859. The number of hydrogen-bond donors (Lipinski definition) is 0. The van der Waals surface area contributed by atoms with Crippen molar-refractivity contribution in [3.05, 3.63) is 45.6 Å². The van der Waals surface area contributed by atoms with E-state index < -0.39 is 0 Å².